The maximum Gasteiger partial charge on any atom is 0.156 e. The normalized spacial score (nSPS) is 9.50. The quantitative estimate of drug-likeness (QED) is 0.432. The number of ether oxygens (including phenoxy) is 1. The lowest BCUT2D eigenvalue weighted by Gasteiger charge is -2.06. The van der Waals surface area contributed by atoms with Gasteiger partial charge in [0.05, 0.1) is 6.61 Å². The number of pyridine rings is 1. The van der Waals surface area contributed by atoms with Gasteiger partial charge in [-0.2, -0.15) is 0 Å². The minimum atomic E-state index is 0.390. The molecule has 2 nitrogen and oxygen atoms in total. The van der Waals surface area contributed by atoms with Crippen LogP contribution < -0.4 is 4.74 Å². The Morgan fingerprint density at radius 1 is 1.57 bits per heavy atom. The zero-order valence-electron chi connectivity index (χ0n) is 8.09. The van der Waals surface area contributed by atoms with Crippen molar-refractivity contribution in [1.82, 2.24) is 4.98 Å². The SMILES string of the molecule is C#Cc1nc(Cl)ccc1OCCCC. The van der Waals surface area contributed by atoms with Crippen molar-refractivity contribution in [2.75, 3.05) is 6.61 Å². The second-order valence-electron chi connectivity index (χ2n) is 2.83. The van der Waals surface area contributed by atoms with E-state index in [1.165, 1.54) is 0 Å². The molecule has 0 spiro atoms. The number of unbranched alkanes of at least 4 members (excludes halogenated alkanes) is 1. The first-order valence-corrected chi connectivity index (χ1v) is 4.91. The average molecular weight is 210 g/mol. The van der Waals surface area contributed by atoms with Crippen LogP contribution in [0.5, 0.6) is 5.75 Å². The largest absolute Gasteiger partial charge is 0.491 e. The van der Waals surface area contributed by atoms with E-state index in [2.05, 4.69) is 17.8 Å². The Kier molecular flexibility index (Phi) is 4.28. The standard InChI is InChI=1S/C11H12ClNO/c1-3-5-8-14-10-6-7-11(12)13-9(10)4-2/h2,6-7H,3,5,8H2,1H3. The van der Waals surface area contributed by atoms with Crippen LogP contribution in [-0.2, 0) is 0 Å². The van der Waals surface area contributed by atoms with Gasteiger partial charge in [-0.1, -0.05) is 24.9 Å². The summed E-state index contributed by atoms with van der Waals surface area (Å²) >= 11 is 5.69. The van der Waals surface area contributed by atoms with Gasteiger partial charge in [0.25, 0.3) is 0 Å². The van der Waals surface area contributed by atoms with E-state index in [0.29, 0.717) is 23.2 Å². The fourth-order valence-electron chi connectivity index (χ4n) is 0.969. The smallest absolute Gasteiger partial charge is 0.156 e. The average Bonchev–Trinajstić information content (AvgIpc) is 2.20. The molecule has 0 amide bonds. The lowest BCUT2D eigenvalue weighted by atomic mass is 10.3. The highest BCUT2D eigenvalue weighted by molar-refractivity contribution is 6.29. The highest BCUT2D eigenvalue weighted by atomic mass is 35.5. The summed E-state index contributed by atoms with van der Waals surface area (Å²) in [5, 5.41) is 0.390. The first kappa shape index (κ1) is 10.9. The summed E-state index contributed by atoms with van der Waals surface area (Å²) in [5.74, 6) is 3.07. The van der Waals surface area contributed by atoms with Crippen molar-refractivity contribution in [2.45, 2.75) is 19.8 Å². The maximum absolute atomic E-state index is 5.69. The summed E-state index contributed by atoms with van der Waals surface area (Å²) in [6, 6.07) is 3.42. The Bertz CT molecular complexity index is 344. The van der Waals surface area contributed by atoms with Crippen LogP contribution in [0.3, 0.4) is 0 Å². The Hall–Kier alpha value is -1.20. The van der Waals surface area contributed by atoms with Crippen molar-refractivity contribution < 1.29 is 4.74 Å². The molecule has 1 aromatic heterocycles. The summed E-state index contributed by atoms with van der Waals surface area (Å²) in [4.78, 5) is 3.97. The van der Waals surface area contributed by atoms with E-state index in [0.717, 1.165) is 12.8 Å². The lowest BCUT2D eigenvalue weighted by Crippen LogP contribution is -1.99. The minimum absolute atomic E-state index is 0.390. The number of hydrogen-bond donors (Lipinski definition) is 0. The predicted octanol–water partition coefficient (Wildman–Crippen LogP) is 2.90. The van der Waals surface area contributed by atoms with Crippen molar-refractivity contribution in [3.8, 4) is 18.1 Å². The summed E-state index contributed by atoms with van der Waals surface area (Å²) in [6.45, 7) is 2.76. The van der Waals surface area contributed by atoms with E-state index >= 15 is 0 Å². The molecule has 0 N–H and O–H groups in total. The van der Waals surface area contributed by atoms with E-state index in [1.54, 1.807) is 12.1 Å². The molecule has 0 atom stereocenters. The van der Waals surface area contributed by atoms with Gasteiger partial charge >= 0.3 is 0 Å². The van der Waals surface area contributed by atoms with Gasteiger partial charge in [0.15, 0.2) is 11.4 Å². The van der Waals surface area contributed by atoms with Crippen LogP contribution in [0.4, 0.5) is 0 Å². The van der Waals surface area contributed by atoms with Crippen LogP contribution in [0.2, 0.25) is 5.15 Å². The first-order chi connectivity index (χ1) is 6.77. The zero-order valence-corrected chi connectivity index (χ0v) is 8.84. The number of rotatable bonds is 4. The molecule has 0 aliphatic carbocycles. The highest BCUT2D eigenvalue weighted by Gasteiger charge is 2.03. The topological polar surface area (TPSA) is 22.1 Å². The number of nitrogens with zero attached hydrogens (tertiary/aromatic N) is 1. The van der Waals surface area contributed by atoms with Crippen molar-refractivity contribution >= 4 is 11.6 Å². The van der Waals surface area contributed by atoms with Gasteiger partial charge in [-0.25, -0.2) is 4.98 Å². The van der Waals surface area contributed by atoms with Crippen molar-refractivity contribution in [3.05, 3.63) is 23.0 Å². The van der Waals surface area contributed by atoms with E-state index in [4.69, 9.17) is 22.8 Å². The molecule has 1 heterocycles. The molecule has 0 unspecified atom stereocenters. The van der Waals surface area contributed by atoms with Gasteiger partial charge in [-0.15, -0.1) is 6.42 Å². The van der Waals surface area contributed by atoms with Gasteiger partial charge in [0, 0.05) is 0 Å². The summed E-state index contributed by atoms with van der Waals surface area (Å²) in [7, 11) is 0. The molecular formula is C11H12ClNO. The molecule has 1 aromatic rings. The molecule has 0 saturated carbocycles. The molecule has 3 heteroatoms. The predicted molar refractivity (Wildman–Crippen MR) is 57.6 cm³/mol. The molecule has 14 heavy (non-hydrogen) atoms. The second-order valence-corrected chi connectivity index (χ2v) is 3.21. The van der Waals surface area contributed by atoms with Crippen LogP contribution in [0.15, 0.2) is 12.1 Å². The number of hydrogen-bond acceptors (Lipinski definition) is 2. The molecule has 0 aromatic carbocycles. The van der Waals surface area contributed by atoms with Gasteiger partial charge in [-0.3, -0.25) is 0 Å². The Balaban J connectivity index is 2.72. The molecule has 0 radical (unpaired) electrons. The van der Waals surface area contributed by atoms with Crippen LogP contribution in [0, 0.1) is 12.3 Å². The molecule has 0 fully saturated rings. The maximum atomic E-state index is 5.69. The monoisotopic (exact) mass is 209 g/mol. The Morgan fingerprint density at radius 2 is 2.36 bits per heavy atom. The van der Waals surface area contributed by atoms with Crippen molar-refractivity contribution in [3.63, 3.8) is 0 Å². The Labute approximate surface area is 89.3 Å². The van der Waals surface area contributed by atoms with Crippen molar-refractivity contribution in [1.29, 1.82) is 0 Å². The third kappa shape index (κ3) is 2.93. The van der Waals surface area contributed by atoms with Crippen LogP contribution in [-0.4, -0.2) is 11.6 Å². The fourth-order valence-corrected chi connectivity index (χ4v) is 1.12. The van der Waals surface area contributed by atoms with E-state index < -0.39 is 0 Å². The molecule has 1 rings (SSSR count). The molecule has 0 saturated heterocycles. The molecular weight excluding hydrogens is 198 g/mol. The number of aromatic nitrogens is 1. The summed E-state index contributed by atoms with van der Waals surface area (Å²) < 4.78 is 5.46. The number of halogens is 1. The highest BCUT2D eigenvalue weighted by Crippen LogP contribution is 2.18. The summed E-state index contributed by atoms with van der Waals surface area (Å²) in [5.41, 5.74) is 0.466. The van der Waals surface area contributed by atoms with Gasteiger partial charge in [0.1, 0.15) is 5.15 Å². The zero-order chi connectivity index (χ0) is 10.4. The number of terminal acetylenes is 1. The van der Waals surface area contributed by atoms with Crippen LogP contribution in [0.25, 0.3) is 0 Å². The molecule has 0 aliphatic rings. The lowest BCUT2D eigenvalue weighted by molar-refractivity contribution is 0.307. The third-order valence-corrected chi connectivity index (χ3v) is 1.93. The Morgan fingerprint density at radius 3 is 3.00 bits per heavy atom. The molecule has 0 aliphatic heterocycles. The van der Waals surface area contributed by atoms with Crippen molar-refractivity contribution in [2.24, 2.45) is 0 Å². The van der Waals surface area contributed by atoms with Gasteiger partial charge < -0.3 is 4.74 Å². The molecule has 0 bridgehead atoms. The van der Waals surface area contributed by atoms with E-state index in [1.807, 2.05) is 0 Å². The van der Waals surface area contributed by atoms with E-state index in [9.17, 15) is 0 Å². The van der Waals surface area contributed by atoms with Gasteiger partial charge in [0.2, 0.25) is 0 Å². The van der Waals surface area contributed by atoms with E-state index in [-0.39, 0.29) is 0 Å². The minimum Gasteiger partial charge on any atom is -0.491 e. The summed E-state index contributed by atoms with van der Waals surface area (Å²) in [6.07, 6.45) is 7.37. The fraction of sp³-hybridized carbons (Fsp3) is 0.364. The third-order valence-electron chi connectivity index (χ3n) is 1.72. The van der Waals surface area contributed by atoms with Crippen LogP contribution >= 0.6 is 11.6 Å². The van der Waals surface area contributed by atoms with Crippen LogP contribution in [0.1, 0.15) is 25.5 Å². The van der Waals surface area contributed by atoms with Gasteiger partial charge in [-0.05, 0) is 24.5 Å². The molecule has 74 valence electrons. The first-order valence-electron chi connectivity index (χ1n) is 4.54. The second kappa shape index (κ2) is 5.51.